The number of hydrogen-bond acceptors (Lipinski definition) is 5. The van der Waals surface area contributed by atoms with Crippen LogP contribution in [0.4, 0.5) is 5.69 Å². The van der Waals surface area contributed by atoms with Gasteiger partial charge in [-0.15, -0.1) is 10.4 Å². The number of sulfonamides is 1. The van der Waals surface area contributed by atoms with Crippen molar-refractivity contribution in [1.82, 2.24) is 15.5 Å². The predicted molar refractivity (Wildman–Crippen MR) is 73.7 cm³/mol. The molecular weight excluding hydrogens is 266 g/mol. The average Bonchev–Trinajstić information content (AvgIpc) is 2.71. The van der Waals surface area contributed by atoms with Crippen LogP contribution < -0.4 is 15.4 Å². The lowest BCUT2D eigenvalue weighted by Crippen LogP contribution is -2.52. The molecule has 1 fully saturated rings. The van der Waals surface area contributed by atoms with E-state index in [2.05, 4.69) is 10.4 Å². The zero-order valence-corrected chi connectivity index (χ0v) is 11.6. The Balaban J connectivity index is 2.09. The number of nitrogens with zero attached hydrogens (tertiary/aromatic N) is 2. The Morgan fingerprint density at radius 2 is 1.95 bits per heavy atom. The highest BCUT2D eigenvalue weighted by molar-refractivity contribution is 7.90. The van der Waals surface area contributed by atoms with Crippen LogP contribution in [0.5, 0.6) is 0 Å². The lowest BCUT2D eigenvalue weighted by Gasteiger charge is -2.22. The Morgan fingerprint density at radius 1 is 1.32 bits per heavy atom. The molecule has 1 aromatic rings. The zero-order valence-electron chi connectivity index (χ0n) is 10.8. The molecule has 0 aliphatic carbocycles. The summed E-state index contributed by atoms with van der Waals surface area (Å²) in [4.78, 5) is 2.33. The second-order valence-electron chi connectivity index (χ2n) is 4.49. The van der Waals surface area contributed by atoms with Crippen LogP contribution in [-0.2, 0) is 10.0 Å². The summed E-state index contributed by atoms with van der Waals surface area (Å²) in [5, 5.41) is 10.0. The van der Waals surface area contributed by atoms with Gasteiger partial charge in [-0.2, -0.15) is 5.12 Å². The molecule has 1 aliphatic heterocycles. The van der Waals surface area contributed by atoms with Crippen LogP contribution >= 0.6 is 0 Å². The summed E-state index contributed by atoms with van der Waals surface area (Å²) in [6.45, 7) is 3.44. The van der Waals surface area contributed by atoms with Gasteiger partial charge in [-0.3, -0.25) is 10.4 Å². The molecule has 19 heavy (non-hydrogen) atoms. The van der Waals surface area contributed by atoms with Crippen LogP contribution in [0.2, 0.25) is 0 Å². The van der Waals surface area contributed by atoms with Crippen molar-refractivity contribution in [2.24, 2.45) is 0 Å². The first-order valence-electron chi connectivity index (χ1n) is 5.88. The van der Waals surface area contributed by atoms with Gasteiger partial charge >= 0.3 is 0 Å². The molecule has 1 saturated heterocycles. The number of para-hydroxylation sites is 1. The Bertz CT molecular complexity index is 558. The molecule has 1 aliphatic rings. The number of hydrazine groups is 3. The second-order valence-corrected chi connectivity index (χ2v) is 6.70. The van der Waals surface area contributed by atoms with Gasteiger partial charge in [0.15, 0.2) is 5.84 Å². The maximum atomic E-state index is 11.8. The Morgan fingerprint density at radius 3 is 2.53 bits per heavy atom. The van der Waals surface area contributed by atoms with E-state index >= 15 is 0 Å². The fourth-order valence-corrected chi connectivity index (χ4v) is 2.12. The van der Waals surface area contributed by atoms with Gasteiger partial charge in [0, 0.05) is 0 Å². The van der Waals surface area contributed by atoms with Crippen LogP contribution in [0.3, 0.4) is 0 Å². The maximum Gasteiger partial charge on any atom is 0.232 e. The summed E-state index contributed by atoms with van der Waals surface area (Å²) < 4.78 is 23.5. The molecule has 0 spiro atoms. The van der Waals surface area contributed by atoms with Gasteiger partial charge in [0.1, 0.15) is 0 Å². The summed E-state index contributed by atoms with van der Waals surface area (Å²) in [7, 11) is -3.47. The van der Waals surface area contributed by atoms with Crippen LogP contribution in [0.25, 0.3) is 0 Å². The second kappa shape index (κ2) is 5.16. The Kier molecular flexibility index (Phi) is 3.74. The van der Waals surface area contributed by atoms with Crippen molar-refractivity contribution in [1.29, 1.82) is 5.41 Å². The smallest absolute Gasteiger partial charge is 0.232 e. The van der Waals surface area contributed by atoms with Crippen LogP contribution in [0.15, 0.2) is 30.3 Å². The van der Waals surface area contributed by atoms with Gasteiger partial charge in [-0.25, -0.2) is 8.42 Å². The van der Waals surface area contributed by atoms with Crippen molar-refractivity contribution in [3.8, 4) is 0 Å². The molecule has 1 heterocycles. The van der Waals surface area contributed by atoms with E-state index in [1.165, 1.54) is 0 Å². The van der Waals surface area contributed by atoms with E-state index < -0.39 is 15.3 Å². The number of hydrogen-bond donors (Lipinski definition) is 3. The normalized spacial score (nSPS) is 16.5. The lowest BCUT2D eigenvalue weighted by atomic mass is 10.3. The zero-order chi connectivity index (χ0) is 14.0. The number of benzene rings is 1. The van der Waals surface area contributed by atoms with Crippen molar-refractivity contribution in [2.45, 2.75) is 19.1 Å². The third-order valence-corrected chi connectivity index (χ3v) is 4.38. The molecule has 2 rings (SSSR count). The molecule has 0 atom stereocenters. The van der Waals surface area contributed by atoms with Crippen LogP contribution in [-0.4, -0.2) is 31.2 Å². The lowest BCUT2D eigenvalue weighted by molar-refractivity contribution is 0.297. The van der Waals surface area contributed by atoms with E-state index in [9.17, 15) is 8.42 Å². The first-order chi connectivity index (χ1) is 8.90. The van der Waals surface area contributed by atoms with E-state index in [-0.39, 0.29) is 12.4 Å². The van der Waals surface area contributed by atoms with Gasteiger partial charge in [-0.1, -0.05) is 18.2 Å². The largest absolute Gasteiger partial charge is 0.284 e. The Hall–Kier alpha value is -1.64. The van der Waals surface area contributed by atoms with E-state index in [1.807, 2.05) is 30.3 Å². The van der Waals surface area contributed by atoms with E-state index in [0.29, 0.717) is 0 Å². The van der Waals surface area contributed by atoms with Crippen molar-refractivity contribution < 1.29 is 8.42 Å². The van der Waals surface area contributed by atoms with Crippen molar-refractivity contribution in [3.05, 3.63) is 30.3 Å². The summed E-state index contributed by atoms with van der Waals surface area (Å²) in [5.41, 5.74) is 3.68. The van der Waals surface area contributed by atoms with Gasteiger partial charge in [-0.05, 0) is 26.0 Å². The van der Waals surface area contributed by atoms with Gasteiger partial charge in [0.25, 0.3) is 0 Å². The fraction of sp³-hybridized carbons (Fsp3) is 0.364. The van der Waals surface area contributed by atoms with Crippen LogP contribution in [0, 0.1) is 5.41 Å². The molecule has 3 N–H and O–H groups in total. The van der Waals surface area contributed by atoms with Crippen molar-refractivity contribution in [2.75, 3.05) is 11.6 Å². The highest BCUT2D eigenvalue weighted by Crippen LogP contribution is 2.14. The molecule has 0 unspecified atom stereocenters. The van der Waals surface area contributed by atoms with Crippen molar-refractivity contribution in [3.63, 3.8) is 0 Å². The molecular formula is C11H17N5O2S. The Labute approximate surface area is 112 Å². The fourth-order valence-electron chi connectivity index (χ4n) is 1.50. The maximum absolute atomic E-state index is 11.8. The third-order valence-electron chi connectivity index (χ3n) is 2.71. The number of amidine groups is 1. The first-order valence-corrected chi connectivity index (χ1v) is 7.42. The van der Waals surface area contributed by atoms with Crippen LogP contribution in [0.1, 0.15) is 13.8 Å². The summed E-state index contributed by atoms with van der Waals surface area (Å²) >= 11 is 0. The number of nitrogens with one attached hydrogen (secondary N) is 3. The van der Waals surface area contributed by atoms with Crippen molar-refractivity contribution >= 4 is 21.5 Å². The quantitative estimate of drug-likeness (QED) is 0.746. The third kappa shape index (κ3) is 3.03. The molecule has 0 amide bonds. The molecule has 1 aromatic carbocycles. The topological polar surface area (TPSA) is 88.5 Å². The SMILES string of the molecule is CC(C)S(=O)(=O)NN1NN(c2ccccc2)CC1=N. The summed E-state index contributed by atoms with van der Waals surface area (Å²) in [6.07, 6.45) is 0. The monoisotopic (exact) mass is 283 g/mol. The number of rotatable bonds is 4. The first kappa shape index (κ1) is 13.8. The van der Waals surface area contributed by atoms with Gasteiger partial charge in [0.2, 0.25) is 10.0 Å². The summed E-state index contributed by atoms with van der Waals surface area (Å²) in [6, 6.07) is 9.40. The minimum atomic E-state index is -3.47. The molecule has 0 saturated carbocycles. The summed E-state index contributed by atoms with van der Waals surface area (Å²) in [5.74, 6) is 0.132. The highest BCUT2D eigenvalue weighted by Gasteiger charge is 2.29. The predicted octanol–water partition coefficient (Wildman–Crippen LogP) is 0.448. The van der Waals surface area contributed by atoms with E-state index in [4.69, 9.17) is 5.41 Å². The standard InChI is InChI=1S/C11H17N5O2S/c1-9(2)19(17,18)14-16-11(12)8-15(13-16)10-6-4-3-5-7-10/h3-7,9,12-14H,8H2,1-2H3. The minimum absolute atomic E-state index is 0.132. The molecule has 0 radical (unpaired) electrons. The minimum Gasteiger partial charge on any atom is -0.284 e. The molecule has 7 nitrogen and oxygen atoms in total. The van der Waals surface area contributed by atoms with Gasteiger partial charge < -0.3 is 0 Å². The van der Waals surface area contributed by atoms with E-state index in [0.717, 1.165) is 10.8 Å². The highest BCUT2D eigenvalue weighted by atomic mass is 32.2. The number of anilines is 1. The molecule has 0 aromatic heterocycles. The van der Waals surface area contributed by atoms with E-state index in [1.54, 1.807) is 18.9 Å². The molecule has 0 bridgehead atoms. The average molecular weight is 283 g/mol. The van der Waals surface area contributed by atoms with Gasteiger partial charge in [0.05, 0.1) is 17.5 Å². The molecule has 104 valence electrons. The molecule has 8 heteroatoms.